The molecule has 3 rings (SSSR count). The Kier molecular flexibility index (Phi) is 2.49. The van der Waals surface area contributed by atoms with Crippen LogP contribution in [-0.2, 0) is 14.3 Å². The van der Waals surface area contributed by atoms with Crippen LogP contribution in [0.25, 0.3) is 0 Å². The summed E-state index contributed by atoms with van der Waals surface area (Å²) in [7, 11) is 1.67. The zero-order valence-corrected chi connectivity index (χ0v) is 10.1. The Morgan fingerprint density at radius 2 is 2.12 bits per heavy atom. The van der Waals surface area contributed by atoms with Gasteiger partial charge < -0.3 is 9.47 Å². The molecule has 0 bridgehead atoms. The second-order valence-electron chi connectivity index (χ2n) is 5.24. The number of carbonyl (C=O) groups is 1. The first-order chi connectivity index (χ1) is 8.26. The molecule has 0 amide bonds. The fourth-order valence-corrected chi connectivity index (χ4v) is 3.46. The van der Waals surface area contributed by atoms with Gasteiger partial charge in [-0.15, -0.1) is 0 Å². The molecule has 0 N–H and O–H groups in total. The molecule has 92 valence electrons. The first-order valence-corrected chi connectivity index (χ1v) is 6.41. The summed E-state index contributed by atoms with van der Waals surface area (Å²) in [5.74, 6) is 1.04. The summed E-state index contributed by atoms with van der Waals surface area (Å²) in [6.07, 6.45) is 11.3. The predicted molar refractivity (Wildman–Crippen MR) is 63.1 cm³/mol. The SMILES string of the molecule is COC1=CC2C(C=C1)OC(=O)C21CCCCC1. The van der Waals surface area contributed by atoms with E-state index in [2.05, 4.69) is 6.08 Å². The molecule has 3 aliphatic rings. The number of ether oxygens (including phenoxy) is 2. The summed E-state index contributed by atoms with van der Waals surface area (Å²) >= 11 is 0. The van der Waals surface area contributed by atoms with Gasteiger partial charge in [0.15, 0.2) is 0 Å². The summed E-state index contributed by atoms with van der Waals surface area (Å²) in [4.78, 5) is 12.2. The molecule has 2 aliphatic carbocycles. The third-order valence-electron chi connectivity index (χ3n) is 4.42. The van der Waals surface area contributed by atoms with Crippen LogP contribution >= 0.6 is 0 Å². The number of hydrogen-bond acceptors (Lipinski definition) is 3. The van der Waals surface area contributed by atoms with Crippen LogP contribution in [-0.4, -0.2) is 19.2 Å². The third kappa shape index (κ3) is 1.52. The normalized spacial score (nSPS) is 34.2. The maximum atomic E-state index is 12.2. The average Bonchev–Trinajstić information content (AvgIpc) is 2.63. The Labute approximate surface area is 101 Å². The van der Waals surface area contributed by atoms with Crippen LogP contribution in [0.2, 0.25) is 0 Å². The fraction of sp³-hybridized carbons (Fsp3) is 0.643. The highest BCUT2D eigenvalue weighted by Gasteiger charge is 2.56. The second-order valence-corrected chi connectivity index (χ2v) is 5.24. The molecule has 0 aromatic rings. The van der Waals surface area contributed by atoms with Gasteiger partial charge >= 0.3 is 5.97 Å². The Balaban J connectivity index is 1.95. The molecule has 1 saturated carbocycles. The van der Waals surface area contributed by atoms with Crippen molar-refractivity contribution in [1.29, 1.82) is 0 Å². The van der Waals surface area contributed by atoms with Crippen LogP contribution in [0, 0.1) is 11.3 Å². The third-order valence-corrected chi connectivity index (χ3v) is 4.42. The van der Waals surface area contributed by atoms with E-state index in [0.29, 0.717) is 0 Å². The molecule has 0 aromatic carbocycles. The molecule has 2 fully saturated rings. The zero-order valence-electron chi connectivity index (χ0n) is 10.1. The van der Waals surface area contributed by atoms with Gasteiger partial charge in [-0.1, -0.05) is 19.3 Å². The molecule has 1 aliphatic heterocycles. The van der Waals surface area contributed by atoms with Crippen molar-refractivity contribution in [3.05, 3.63) is 24.0 Å². The largest absolute Gasteiger partial charge is 0.497 e. The van der Waals surface area contributed by atoms with Gasteiger partial charge in [0.1, 0.15) is 11.9 Å². The molecule has 17 heavy (non-hydrogen) atoms. The topological polar surface area (TPSA) is 35.5 Å². The van der Waals surface area contributed by atoms with Gasteiger partial charge in [-0.3, -0.25) is 4.79 Å². The van der Waals surface area contributed by atoms with Crippen LogP contribution in [0.3, 0.4) is 0 Å². The minimum atomic E-state index is -0.266. The lowest BCUT2D eigenvalue weighted by Crippen LogP contribution is -2.36. The predicted octanol–water partition coefficient (Wildman–Crippen LogP) is 2.58. The van der Waals surface area contributed by atoms with Gasteiger partial charge in [0, 0.05) is 5.92 Å². The molecular formula is C14H18O3. The smallest absolute Gasteiger partial charge is 0.313 e. The Morgan fingerprint density at radius 3 is 2.82 bits per heavy atom. The second kappa shape index (κ2) is 3.90. The van der Waals surface area contributed by atoms with Crippen molar-refractivity contribution in [1.82, 2.24) is 0 Å². The first kappa shape index (κ1) is 10.9. The van der Waals surface area contributed by atoms with Crippen molar-refractivity contribution in [2.75, 3.05) is 7.11 Å². The van der Waals surface area contributed by atoms with Crippen LogP contribution in [0.4, 0.5) is 0 Å². The van der Waals surface area contributed by atoms with E-state index in [0.717, 1.165) is 31.4 Å². The molecular weight excluding hydrogens is 216 g/mol. The fourth-order valence-electron chi connectivity index (χ4n) is 3.46. The van der Waals surface area contributed by atoms with E-state index in [1.807, 2.05) is 12.2 Å². The highest BCUT2D eigenvalue weighted by atomic mass is 16.6. The minimum absolute atomic E-state index is 0.00505. The van der Waals surface area contributed by atoms with Gasteiger partial charge in [-0.05, 0) is 31.1 Å². The molecule has 2 atom stereocenters. The number of rotatable bonds is 1. The molecule has 1 saturated heterocycles. The first-order valence-electron chi connectivity index (χ1n) is 6.41. The summed E-state index contributed by atoms with van der Waals surface area (Å²) < 4.78 is 10.8. The van der Waals surface area contributed by atoms with Crippen LogP contribution in [0.1, 0.15) is 32.1 Å². The maximum absolute atomic E-state index is 12.2. The maximum Gasteiger partial charge on any atom is 0.313 e. The van der Waals surface area contributed by atoms with Crippen molar-refractivity contribution in [2.45, 2.75) is 38.2 Å². The average molecular weight is 234 g/mol. The molecule has 0 aromatic heterocycles. The molecule has 0 radical (unpaired) electrons. The van der Waals surface area contributed by atoms with Crippen LogP contribution < -0.4 is 0 Å². The highest BCUT2D eigenvalue weighted by Crippen LogP contribution is 2.52. The zero-order chi connectivity index (χ0) is 11.9. The lowest BCUT2D eigenvalue weighted by molar-refractivity contribution is -0.149. The van der Waals surface area contributed by atoms with Gasteiger partial charge in [-0.25, -0.2) is 0 Å². The quantitative estimate of drug-likeness (QED) is 0.654. The lowest BCUT2D eigenvalue weighted by atomic mass is 9.65. The van der Waals surface area contributed by atoms with E-state index < -0.39 is 0 Å². The van der Waals surface area contributed by atoms with E-state index in [1.165, 1.54) is 6.42 Å². The van der Waals surface area contributed by atoms with Crippen molar-refractivity contribution < 1.29 is 14.3 Å². The van der Waals surface area contributed by atoms with E-state index in [4.69, 9.17) is 9.47 Å². The van der Waals surface area contributed by atoms with Crippen molar-refractivity contribution >= 4 is 5.97 Å². The molecule has 3 nitrogen and oxygen atoms in total. The van der Waals surface area contributed by atoms with E-state index in [9.17, 15) is 4.79 Å². The van der Waals surface area contributed by atoms with E-state index >= 15 is 0 Å². The number of fused-ring (bicyclic) bond motifs is 2. The Bertz CT molecular complexity index is 388. The van der Waals surface area contributed by atoms with Gasteiger partial charge in [0.2, 0.25) is 0 Å². The molecule has 1 heterocycles. The number of methoxy groups -OCH3 is 1. The van der Waals surface area contributed by atoms with Gasteiger partial charge in [-0.2, -0.15) is 0 Å². The number of allylic oxidation sites excluding steroid dienone is 1. The monoisotopic (exact) mass is 234 g/mol. The summed E-state index contributed by atoms with van der Waals surface area (Å²) in [6.45, 7) is 0. The molecule has 1 spiro atoms. The van der Waals surface area contributed by atoms with Crippen LogP contribution in [0.5, 0.6) is 0 Å². The number of esters is 1. The van der Waals surface area contributed by atoms with E-state index in [-0.39, 0.29) is 23.4 Å². The minimum Gasteiger partial charge on any atom is -0.497 e. The lowest BCUT2D eigenvalue weighted by Gasteiger charge is -2.34. The Hall–Kier alpha value is -1.25. The standard InChI is InChI=1S/C14H18O3/c1-16-10-5-6-12-11(9-10)14(13(15)17-12)7-3-2-4-8-14/h5-6,9,11-12H,2-4,7-8H2,1H3. The summed E-state index contributed by atoms with van der Waals surface area (Å²) in [5.41, 5.74) is -0.266. The summed E-state index contributed by atoms with van der Waals surface area (Å²) in [5, 5.41) is 0. The molecule has 2 unspecified atom stereocenters. The van der Waals surface area contributed by atoms with Crippen LogP contribution in [0.15, 0.2) is 24.0 Å². The molecule has 3 heteroatoms. The Morgan fingerprint density at radius 1 is 1.35 bits per heavy atom. The highest BCUT2D eigenvalue weighted by molar-refractivity contribution is 5.81. The van der Waals surface area contributed by atoms with Crippen molar-refractivity contribution in [3.8, 4) is 0 Å². The summed E-state index contributed by atoms with van der Waals surface area (Å²) in [6, 6.07) is 0. The van der Waals surface area contributed by atoms with E-state index in [1.54, 1.807) is 7.11 Å². The number of hydrogen-bond donors (Lipinski definition) is 0. The van der Waals surface area contributed by atoms with Crippen molar-refractivity contribution in [2.24, 2.45) is 11.3 Å². The number of carbonyl (C=O) groups excluding carboxylic acids is 1. The van der Waals surface area contributed by atoms with Gasteiger partial charge in [0.05, 0.1) is 12.5 Å². The van der Waals surface area contributed by atoms with Gasteiger partial charge in [0.25, 0.3) is 0 Å². The van der Waals surface area contributed by atoms with Crippen molar-refractivity contribution in [3.63, 3.8) is 0 Å².